The lowest BCUT2D eigenvalue weighted by Crippen LogP contribution is -2.31. The second-order valence-electron chi connectivity index (χ2n) is 6.24. The van der Waals surface area contributed by atoms with Gasteiger partial charge >= 0.3 is 0 Å². The van der Waals surface area contributed by atoms with Crippen molar-refractivity contribution in [1.82, 2.24) is 0 Å². The number of halogens is 1. The Bertz CT molecular complexity index is 308. The van der Waals surface area contributed by atoms with Crippen molar-refractivity contribution in [3.05, 3.63) is 12.2 Å². The molecule has 0 aliphatic heterocycles. The molecule has 4 bridgehead atoms. The summed E-state index contributed by atoms with van der Waals surface area (Å²) in [6.45, 7) is 0. The number of allylic oxidation sites excluding steroid dienone is 2. The van der Waals surface area contributed by atoms with Crippen LogP contribution in [0.15, 0.2) is 12.2 Å². The highest BCUT2D eigenvalue weighted by molar-refractivity contribution is 6.17. The Balaban J connectivity index is 1.63. The predicted molar refractivity (Wildman–Crippen MR) is 62.8 cm³/mol. The second-order valence-corrected chi connectivity index (χ2v) is 6.61. The molecule has 0 aromatic rings. The summed E-state index contributed by atoms with van der Waals surface area (Å²) in [5.74, 6) is 8.12. The van der Waals surface area contributed by atoms with Crippen molar-refractivity contribution in [1.29, 1.82) is 0 Å². The Labute approximate surface area is 97.1 Å². The summed E-state index contributed by atoms with van der Waals surface area (Å²) in [6, 6.07) is 0. The molecule has 0 radical (unpaired) electrons. The van der Waals surface area contributed by atoms with Crippen LogP contribution in [0.5, 0.6) is 0 Å². The van der Waals surface area contributed by atoms with Gasteiger partial charge in [0.25, 0.3) is 0 Å². The summed E-state index contributed by atoms with van der Waals surface area (Å²) >= 11 is 5.93. The van der Waals surface area contributed by atoms with Crippen LogP contribution in [0.1, 0.15) is 25.7 Å². The minimum Gasteiger partial charge on any atom is -0.127 e. The van der Waals surface area contributed by atoms with E-state index in [-0.39, 0.29) is 0 Å². The van der Waals surface area contributed by atoms with Crippen molar-refractivity contribution >= 4 is 11.6 Å². The van der Waals surface area contributed by atoms with Crippen LogP contribution in [0, 0.1) is 41.4 Å². The lowest BCUT2D eigenvalue weighted by Gasteiger charge is -2.36. The molecule has 0 aromatic carbocycles. The molecule has 0 saturated heterocycles. The molecule has 7 unspecified atom stereocenters. The van der Waals surface area contributed by atoms with E-state index in [1.807, 2.05) is 0 Å². The SMILES string of the molecule is ClCCC1CC2CC1C1C3C=CC(C3)C21. The standard InChI is InChI=1S/C14H19Cl/c15-4-3-8-5-11-7-12(8)14-10-2-1-9(6-10)13(11)14/h1-2,8-14H,3-7H2. The van der Waals surface area contributed by atoms with Gasteiger partial charge in [0.15, 0.2) is 0 Å². The van der Waals surface area contributed by atoms with Crippen molar-refractivity contribution < 1.29 is 0 Å². The van der Waals surface area contributed by atoms with Crippen LogP contribution in [0.4, 0.5) is 0 Å². The molecule has 0 aromatic heterocycles. The number of alkyl halides is 1. The minimum absolute atomic E-state index is 0.884. The van der Waals surface area contributed by atoms with Crippen LogP contribution in [0.3, 0.4) is 0 Å². The molecule has 7 atom stereocenters. The fourth-order valence-corrected chi connectivity index (χ4v) is 5.91. The first-order valence-corrected chi connectivity index (χ1v) is 7.16. The topological polar surface area (TPSA) is 0 Å². The third kappa shape index (κ3) is 1.05. The smallest absolute Gasteiger partial charge is 0.0226 e. The molecular formula is C14H19Cl. The maximum absolute atomic E-state index is 5.93. The fourth-order valence-electron chi connectivity index (χ4n) is 5.63. The van der Waals surface area contributed by atoms with E-state index in [2.05, 4.69) is 12.2 Å². The molecule has 4 aliphatic carbocycles. The van der Waals surface area contributed by atoms with Gasteiger partial charge in [-0.05, 0) is 67.1 Å². The molecule has 0 amide bonds. The van der Waals surface area contributed by atoms with Gasteiger partial charge < -0.3 is 0 Å². The molecule has 4 aliphatic rings. The zero-order chi connectivity index (χ0) is 9.99. The molecule has 3 fully saturated rings. The molecule has 3 saturated carbocycles. The predicted octanol–water partition coefficient (Wildman–Crippen LogP) is 3.71. The quantitative estimate of drug-likeness (QED) is 0.380. The molecular weight excluding hydrogens is 204 g/mol. The van der Waals surface area contributed by atoms with Gasteiger partial charge in [0.05, 0.1) is 0 Å². The largest absolute Gasteiger partial charge is 0.127 e. The maximum Gasteiger partial charge on any atom is 0.0226 e. The summed E-state index contributed by atoms with van der Waals surface area (Å²) in [6.07, 6.45) is 10.9. The molecule has 15 heavy (non-hydrogen) atoms. The summed E-state index contributed by atoms with van der Waals surface area (Å²) in [7, 11) is 0. The van der Waals surface area contributed by atoms with E-state index in [9.17, 15) is 0 Å². The monoisotopic (exact) mass is 222 g/mol. The normalized spacial score (nSPS) is 59.1. The maximum atomic E-state index is 5.93. The molecule has 0 N–H and O–H groups in total. The van der Waals surface area contributed by atoms with Crippen LogP contribution in [0.25, 0.3) is 0 Å². The third-order valence-electron chi connectivity index (χ3n) is 5.89. The highest BCUT2D eigenvalue weighted by atomic mass is 35.5. The first-order valence-electron chi connectivity index (χ1n) is 6.62. The van der Waals surface area contributed by atoms with E-state index < -0.39 is 0 Å². The molecule has 0 spiro atoms. The molecule has 0 heterocycles. The van der Waals surface area contributed by atoms with Gasteiger partial charge in [-0.1, -0.05) is 12.2 Å². The Kier molecular flexibility index (Phi) is 1.84. The summed E-state index contributed by atoms with van der Waals surface area (Å²) < 4.78 is 0. The Morgan fingerprint density at radius 3 is 2.60 bits per heavy atom. The van der Waals surface area contributed by atoms with Crippen molar-refractivity contribution in [3.63, 3.8) is 0 Å². The first-order chi connectivity index (χ1) is 7.38. The second kappa shape index (κ2) is 3.03. The lowest BCUT2D eigenvalue weighted by molar-refractivity contribution is 0.148. The van der Waals surface area contributed by atoms with Crippen LogP contribution in [0.2, 0.25) is 0 Å². The van der Waals surface area contributed by atoms with Crippen LogP contribution >= 0.6 is 11.6 Å². The summed E-state index contributed by atoms with van der Waals surface area (Å²) in [5.41, 5.74) is 0. The van der Waals surface area contributed by atoms with Gasteiger partial charge in [-0.3, -0.25) is 0 Å². The highest BCUT2D eigenvalue weighted by Gasteiger charge is 2.60. The van der Waals surface area contributed by atoms with E-state index in [1.54, 1.807) is 6.42 Å². The van der Waals surface area contributed by atoms with E-state index in [0.29, 0.717) is 0 Å². The average molecular weight is 223 g/mol. The zero-order valence-electron chi connectivity index (χ0n) is 9.11. The van der Waals surface area contributed by atoms with Gasteiger partial charge in [-0.15, -0.1) is 11.6 Å². The average Bonchev–Trinajstić information content (AvgIpc) is 2.95. The van der Waals surface area contributed by atoms with E-state index >= 15 is 0 Å². The van der Waals surface area contributed by atoms with Crippen molar-refractivity contribution in [2.75, 3.05) is 5.88 Å². The number of hydrogen-bond acceptors (Lipinski definition) is 0. The van der Waals surface area contributed by atoms with Crippen LogP contribution in [-0.4, -0.2) is 5.88 Å². The van der Waals surface area contributed by atoms with E-state index in [1.165, 1.54) is 19.3 Å². The minimum atomic E-state index is 0.884. The van der Waals surface area contributed by atoms with Crippen LogP contribution < -0.4 is 0 Å². The van der Waals surface area contributed by atoms with Gasteiger partial charge in [-0.2, -0.15) is 0 Å². The lowest BCUT2D eigenvalue weighted by atomic mass is 9.69. The summed E-state index contributed by atoms with van der Waals surface area (Å²) in [4.78, 5) is 0. The first kappa shape index (κ1) is 9.10. The van der Waals surface area contributed by atoms with Crippen molar-refractivity contribution in [2.45, 2.75) is 25.7 Å². The van der Waals surface area contributed by atoms with Gasteiger partial charge in [0, 0.05) is 5.88 Å². The third-order valence-corrected chi connectivity index (χ3v) is 6.11. The number of rotatable bonds is 2. The highest BCUT2D eigenvalue weighted by Crippen LogP contribution is 2.67. The molecule has 0 nitrogen and oxygen atoms in total. The Morgan fingerprint density at radius 1 is 1.00 bits per heavy atom. The number of hydrogen-bond donors (Lipinski definition) is 0. The Morgan fingerprint density at radius 2 is 1.80 bits per heavy atom. The van der Waals surface area contributed by atoms with Gasteiger partial charge in [0.2, 0.25) is 0 Å². The van der Waals surface area contributed by atoms with Gasteiger partial charge in [0.1, 0.15) is 0 Å². The molecule has 4 rings (SSSR count). The van der Waals surface area contributed by atoms with Crippen molar-refractivity contribution in [2.24, 2.45) is 41.4 Å². The summed E-state index contributed by atoms with van der Waals surface area (Å²) in [5, 5.41) is 0. The van der Waals surface area contributed by atoms with Crippen molar-refractivity contribution in [3.8, 4) is 0 Å². The van der Waals surface area contributed by atoms with Crippen LogP contribution in [-0.2, 0) is 0 Å². The Hall–Kier alpha value is 0.0300. The number of fused-ring (bicyclic) bond motifs is 9. The van der Waals surface area contributed by atoms with E-state index in [4.69, 9.17) is 11.6 Å². The zero-order valence-corrected chi connectivity index (χ0v) is 9.87. The van der Waals surface area contributed by atoms with E-state index in [0.717, 1.165) is 47.3 Å². The van der Waals surface area contributed by atoms with Gasteiger partial charge in [-0.25, -0.2) is 0 Å². The molecule has 1 heteroatoms. The molecule has 82 valence electrons. The fraction of sp³-hybridized carbons (Fsp3) is 0.857.